The predicted molar refractivity (Wildman–Crippen MR) is 102 cm³/mol. The van der Waals surface area contributed by atoms with Crippen molar-refractivity contribution in [3.05, 3.63) is 47.4 Å². The van der Waals surface area contributed by atoms with Crippen LogP contribution in [-0.2, 0) is 5.41 Å². The summed E-state index contributed by atoms with van der Waals surface area (Å²) in [5.41, 5.74) is 2.69. The Morgan fingerprint density at radius 1 is 1.16 bits per heavy atom. The van der Waals surface area contributed by atoms with E-state index in [-0.39, 0.29) is 17.4 Å². The molecule has 5 nitrogen and oxygen atoms in total. The molecule has 1 aromatic carbocycles. The topological polar surface area (TPSA) is 66.9 Å². The van der Waals surface area contributed by atoms with Crippen LogP contribution in [0.3, 0.4) is 0 Å². The van der Waals surface area contributed by atoms with Crippen molar-refractivity contribution in [3.8, 4) is 0 Å². The minimum Gasteiger partial charge on any atom is -0.348 e. The van der Waals surface area contributed by atoms with Gasteiger partial charge < -0.3 is 10.6 Å². The number of aromatic nitrogens is 2. The van der Waals surface area contributed by atoms with E-state index >= 15 is 0 Å². The first kappa shape index (κ1) is 18.9. The van der Waals surface area contributed by atoms with E-state index in [4.69, 9.17) is 0 Å². The van der Waals surface area contributed by atoms with E-state index in [1.807, 2.05) is 26.0 Å². The molecular weight excluding hydrogens is 312 g/mol. The molecule has 0 radical (unpaired) electrons. The maximum Gasteiger partial charge on any atom is 0.270 e. The molecule has 1 aromatic heterocycles. The van der Waals surface area contributed by atoms with Crippen LogP contribution in [-0.4, -0.2) is 21.9 Å². The molecule has 25 heavy (non-hydrogen) atoms. The Morgan fingerprint density at radius 3 is 2.36 bits per heavy atom. The third kappa shape index (κ3) is 5.28. The van der Waals surface area contributed by atoms with Crippen molar-refractivity contribution >= 4 is 17.4 Å². The highest BCUT2D eigenvalue weighted by molar-refractivity contribution is 5.93. The molecule has 0 bridgehead atoms. The first-order valence-corrected chi connectivity index (χ1v) is 8.73. The molecule has 1 amide bonds. The Balaban J connectivity index is 2.18. The summed E-state index contributed by atoms with van der Waals surface area (Å²) in [7, 11) is 0. The minimum absolute atomic E-state index is 0.115. The van der Waals surface area contributed by atoms with E-state index in [1.165, 1.54) is 5.56 Å². The van der Waals surface area contributed by atoms with Gasteiger partial charge in [0.2, 0.25) is 0 Å². The van der Waals surface area contributed by atoms with E-state index in [0.717, 1.165) is 12.1 Å². The SMILES string of the molecule is CCC(C)NC(=O)c1cc(Nc2ccc(C(C)(C)C)cc2)nc(C)n1. The summed E-state index contributed by atoms with van der Waals surface area (Å²) in [4.78, 5) is 20.9. The van der Waals surface area contributed by atoms with Gasteiger partial charge in [-0.25, -0.2) is 9.97 Å². The van der Waals surface area contributed by atoms with E-state index in [1.54, 1.807) is 13.0 Å². The Bertz CT molecular complexity index is 732. The van der Waals surface area contributed by atoms with Gasteiger partial charge in [-0.2, -0.15) is 0 Å². The minimum atomic E-state index is -0.175. The number of carbonyl (C=O) groups is 1. The first-order valence-electron chi connectivity index (χ1n) is 8.73. The lowest BCUT2D eigenvalue weighted by molar-refractivity contribution is 0.0934. The van der Waals surface area contributed by atoms with Crippen LogP contribution in [0.15, 0.2) is 30.3 Å². The monoisotopic (exact) mass is 340 g/mol. The quantitative estimate of drug-likeness (QED) is 0.849. The van der Waals surface area contributed by atoms with Gasteiger partial charge in [0, 0.05) is 17.8 Å². The van der Waals surface area contributed by atoms with Crippen LogP contribution in [0.5, 0.6) is 0 Å². The molecule has 0 saturated heterocycles. The number of carbonyl (C=O) groups excluding carboxylic acids is 1. The lowest BCUT2D eigenvalue weighted by Crippen LogP contribution is -2.32. The van der Waals surface area contributed by atoms with Crippen molar-refractivity contribution in [3.63, 3.8) is 0 Å². The summed E-state index contributed by atoms with van der Waals surface area (Å²) in [5, 5.41) is 6.19. The van der Waals surface area contributed by atoms with Crippen molar-refractivity contribution in [1.82, 2.24) is 15.3 Å². The van der Waals surface area contributed by atoms with Gasteiger partial charge in [0.05, 0.1) is 0 Å². The summed E-state index contributed by atoms with van der Waals surface area (Å²) in [5.74, 6) is 1.00. The standard InChI is InChI=1S/C20H28N4O/c1-7-13(2)21-19(25)17-12-18(23-14(3)22-17)24-16-10-8-15(9-11-16)20(4,5)6/h8-13H,7H2,1-6H3,(H,21,25)(H,22,23,24). The molecule has 0 aliphatic rings. The maximum atomic E-state index is 12.3. The van der Waals surface area contributed by atoms with Crippen molar-refractivity contribution < 1.29 is 4.79 Å². The highest BCUT2D eigenvalue weighted by Crippen LogP contribution is 2.24. The third-order valence-corrected chi connectivity index (χ3v) is 4.08. The van der Waals surface area contributed by atoms with Gasteiger partial charge in [-0.3, -0.25) is 4.79 Å². The van der Waals surface area contributed by atoms with Gasteiger partial charge in [0.25, 0.3) is 5.91 Å². The smallest absolute Gasteiger partial charge is 0.270 e. The molecule has 5 heteroatoms. The van der Waals surface area contributed by atoms with Crippen LogP contribution >= 0.6 is 0 Å². The summed E-state index contributed by atoms with van der Waals surface area (Å²) in [6.07, 6.45) is 0.876. The van der Waals surface area contributed by atoms with Gasteiger partial charge in [0.1, 0.15) is 17.3 Å². The van der Waals surface area contributed by atoms with Crippen molar-refractivity contribution in [2.45, 2.75) is 59.4 Å². The largest absolute Gasteiger partial charge is 0.348 e. The lowest BCUT2D eigenvalue weighted by atomic mass is 9.87. The van der Waals surface area contributed by atoms with Crippen LogP contribution in [0.4, 0.5) is 11.5 Å². The van der Waals surface area contributed by atoms with Gasteiger partial charge in [-0.1, -0.05) is 39.8 Å². The maximum absolute atomic E-state index is 12.3. The van der Waals surface area contributed by atoms with Gasteiger partial charge in [-0.15, -0.1) is 0 Å². The fourth-order valence-corrected chi connectivity index (χ4v) is 2.35. The number of hydrogen-bond acceptors (Lipinski definition) is 4. The second-order valence-corrected chi connectivity index (χ2v) is 7.42. The molecule has 0 fully saturated rings. The Kier molecular flexibility index (Phi) is 5.77. The third-order valence-electron chi connectivity index (χ3n) is 4.08. The van der Waals surface area contributed by atoms with E-state index < -0.39 is 0 Å². The van der Waals surface area contributed by atoms with Crippen LogP contribution in [0.2, 0.25) is 0 Å². The summed E-state index contributed by atoms with van der Waals surface area (Å²) >= 11 is 0. The molecule has 0 aliphatic heterocycles. The van der Waals surface area contributed by atoms with Crippen molar-refractivity contribution in [1.29, 1.82) is 0 Å². The fourth-order valence-electron chi connectivity index (χ4n) is 2.35. The second-order valence-electron chi connectivity index (χ2n) is 7.42. The molecule has 134 valence electrons. The molecule has 2 N–H and O–H groups in total. The molecule has 1 unspecified atom stereocenters. The van der Waals surface area contributed by atoms with Gasteiger partial charge >= 0.3 is 0 Å². The summed E-state index contributed by atoms with van der Waals surface area (Å²) < 4.78 is 0. The molecule has 0 aliphatic carbocycles. The van der Waals surface area contributed by atoms with E-state index in [0.29, 0.717) is 17.3 Å². The highest BCUT2D eigenvalue weighted by atomic mass is 16.1. The fraction of sp³-hybridized carbons (Fsp3) is 0.450. The Labute approximate surface area is 150 Å². The van der Waals surface area contributed by atoms with Gasteiger partial charge in [0.15, 0.2) is 0 Å². The zero-order valence-corrected chi connectivity index (χ0v) is 16.0. The number of aryl methyl sites for hydroxylation is 1. The molecule has 1 atom stereocenters. The molecule has 2 aromatic rings. The average molecular weight is 340 g/mol. The van der Waals surface area contributed by atoms with Crippen LogP contribution in [0, 0.1) is 6.92 Å². The molecule has 0 spiro atoms. The summed E-state index contributed by atoms with van der Waals surface area (Å²) in [6, 6.07) is 10.1. The number of rotatable bonds is 5. The number of hydrogen-bond donors (Lipinski definition) is 2. The zero-order valence-electron chi connectivity index (χ0n) is 16.0. The average Bonchev–Trinajstić information content (AvgIpc) is 2.53. The van der Waals surface area contributed by atoms with E-state index in [2.05, 4.69) is 53.5 Å². The number of nitrogens with one attached hydrogen (secondary N) is 2. The first-order chi connectivity index (χ1) is 11.7. The molecular formula is C20H28N4O. The van der Waals surface area contributed by atoms with E-state index in [9.17, 15) is 4.79 Å². The zero-order chi connectivity index (χ0) is 18.6. The summed E-state index contributed by atoms with van der Waals surface area (Å²) in [6.45, 7) is 12.3. The molecule has 1 heterocycles. The normalized spacial score (nSPS) is 12.6. The van der Waals surface area contributed by atoms with Crippen LogP contribution in [0.25, 0.3) is 0 Å². The van der Waals surface area contributed by atoms with Crippen LogP contribution < -0.4 is 10.6 Å². The molecule has 0 saturated carbocycles. The number of anilines is 2. The molecule has 2 rings (SSSR count). The van der Waals surface area contributed by atoms with Crippen LogP contribution in [0.1, 0.15) is 62.9 Å². The van der Waals surface area contributed by atoms with Crippen molar-refractivity contribution in [2.24, 2.45) is 0 Å². The van der Waals surface area contributed by atoms with Crippen molar-refractivity contribution in [2.75, 3.05) is 5.32 Å². The highest BCUT2D eigenvalue weighted by Gasteiger charge is 2.14. The van der Waals surface area contributed by atoms with Gasteiger partial charge in [-0.05, 0) is 43.4 Å². The second kappa shape index (κ2) is 7.64. The number of nitrogens with zero attached hydrogens (tertiary/aromatic N) is 2. The lowest BCUT2D eigenvalue weighted by Gasteiger charge is -2.19. The Hall–Kier alpha value is -2.43. The number of amides is 1. The predicted octanol–water partition coefficient (Wildman–Crippen LogP) is 4.35. The number of benzene rings is 1. The Morgan fingerprint density at radius 2 is 1.80 bits per heavy atom.